The minimum atomic E-state index is 0.314. The summed E-state index contributed by atoms with van der Waals surface area (Å²) >= 11 is 0. The van der Waals surface area contributed by atoms with Gasteiger partial charge in [-0.1, -0.05) is 0 Å². The van der Waals surface area contributed by atoms with Crippen LogP contribution in [0, 0.1) is 0 Å². The first-order valence-electron chi connectivity index (χ1n) is 5.46. The Kier molecular flexibility index (Phi) is 5.12. The fraction of sp³-hybridized carbons (Fsp3) is 0.909. The van der Waals surface area contributed by atoms with Crippen LogP contribution in [0.4, 0.5) is 0 Å². The van der Waals surface area contributed by atoms with Crippen LogP contribution in [0.2, 0.25) is 0 Å². The first-order chi connectivity index (χ1) is 6.74. The third-order valence-corrected chi connectivity index (χ3v) is 2.82. The van der Waals surface area contributed by atoms with Gasteiger partial charge in [0, 0.05) is 32.7 Å². The number of ether oxygens (including phenoxy) is 1. The summed E-state index contributed by atoms with van der Waals surface area (Å²) in [5.74, 6) is 0.314. The SMILES string of the molecule is COCCCN1CCCC1CC(C)=O. The van der Waals surface area contributed by atoms with Crippen molar-refractivity contribution in [1.29, 1.82) is 0 Å². The molecule has 0 N–H and O–H groups in total. The van der Waals surface area contributed by atoms with Crippen LogP contribution < -0.4 is 0 Å². The van der Waals surface area contributed by atoms with Crippen LogP contribution in [0.3, 0.4) is 0 Å². The van der Waals surface area contributed by atoms with Crippen LogP contribution in [0.5, 0.6) is 0 Å². The topological polar surface area (TPSA) is 29.5 Å². The van der Waals surface area contributed by atoms with Crippen molar-refractivity contribution < 1.29 is 9.53 Å². The number of nitrogens with zero attached hydrogens (tertiary/aromatic N) is 1. The maximum Gasteiger partial charge on any atom is 0.131 e. The molecule has 0 bridgehead atoms. The highest BCUT2D eigenvalue weighted by molar-refractivity contribution is 5.76. The molecule has 14 heavy (non-hydrogen) atoms. The van der Waals surface area contributed by atoms with Crippen molar-refractivity contribution in [1.82, 2.24) is 4.90 Å². The minimum Gasteiger partial charge on any atom is -0.385 e. The lowest BCUT2D eigenvalue weighted by atomic mass is 10.1. The summed E-state index contributed by atoms with van der Waals surface area (Å²) in [6, 6.07) is 0.504. The zero-order valence-electron chi connectivity index (χ0n) is 9.29. The zero-order chi connectivity index (χ0) is 10.4. The smallest absolute Gasteiger partial charge is 0.131 e. The molecule has 3 heteroatoms. The van der Waals surface area contributed by atoms with E-state index < -0.39 is 0 Å². The maximum absolute atomic E-state index is 11.0. The summed E-state index contributed by atoms with van der Waals surface area (Å²) in [6.45, 7) is 4.74. The molecule has 82 valence electrons. The number of carbonyl (C=O) groups excluding carboxylic acids is 1. The van der Waals surface area contributed by atoms with Gasteiger partial charge in [0.15, 0.2) is 0 Å². The number of hydrogen-bond acceptors (Lipinski definition) is 3. The Balaban J connectivity index is 2.24. The molecule has 0 aromatic rings. The second-order valence-electron chi connectivity index (χ2n) is 4.08. The third-order valence-electron chi connectivity index (χ3n) is 2.82. The van der Waals surface area contributed by atoms with E-state index in [0.29, 0.717) is 11.8 Å². The van der Waals surface area contributed by atoms with Crippen molar-refractivity contribution in [3.63, 3.8) is 0 Å². The molecule has 1 unspecified atom stereocenters. The van der Waals surface area contributed by atoms with Crippen molar-refractivity contribution in [3.8, 4) is 0 Å². The zero-order valence-corrected chi connectivity index (χ0v) is 9.29. The van der Waals surface area contributed by atoms with Crippen LogP contribution in [-0.2, 0) is 9.53 Å². The normalized spacial score (nSPS) is 22.9. The monoisotopic (exact) mass is 199 g/mol. The number of carbonyl (C=O) groups is 1. The van der Waals surface area contributed by atoms with E-state index in [1.165, 1.54) is 12.8 Å². The van der Waals surface area contributed by atoms with Gasteiger partial charge < -0.3 is 4.74 Å². The third kappa shape index (κ3) is 3.76. The van der Waals surface area contributed by atoms with Crippen LogP contribution in [-0.4, -0.2) is 43.5 Å². The van der Waals surface area contributed by atoms with Gasteiger partial charge in [0.25, 0.3) is 0 Å². The van der Waals surface area contributed by atoms with E-state index in [-0.39, 0.29) is 0 Å². The Bertz CT molecular complexity index is 182. The van der Waals surface area contributed by atoms with Gasteiger partial charge in [-0.25, -0.2) is 0 Å². The number of ketones is 1. The van der Waals surface area contributed by atoms with Crippen LogP contribution in [0.25, 0.3) is 0 Å². The van der Waals surface area contributed by atoms with E-state index in [2.05, 4.69) is 4.90 Å². The van der Waals surface area contributed by atoms with Crippen molar-refractivity contribution in [2.45, 2.75) is 38.6 Å². The highest BCUT2D eigenvalue weighted by Gasteiger charge is 2.24. The second-order valence-corrected chi connectivity index (χ2v) is 4.08. The molecule has 1 aliphatic heterocycles. The number of rotatable bonds is 6. The van der Waals surface area contributed by atoms with E-state index in [9.17, 15) is 4.79 Å². The molecule has 0 radical (unpaired) electrons. The minimum absolute atomic E-state index is 0.314. The fourth-order valence-electron chi connectivity index (χ4n) is 2.16. The lowest BCUT2D eigenvalue weighted by Crippen LogP contribution is -2.32. The summed E-state index contributed by atoms with van der Waals surface area (Å²) in [5.41, 5.74) is 0. The van der Waals surface area contributed by atoms with Gasteiger partial charge in [-0.3, -0.25) is 9.69 Å². The average Bonchev–Trinajstić information content (AvgIpc) is 2.52. The van der Waals surface area contributed by atoms with Crippen LogP contribution in [0.15, 0.2) is 0 Å². The molecule has 1 heterocycles. The molecule has 0 saturated carbocycles. The molecule has 1 atom stereocenters. The molecule has 1 rings (SSSR count). The molecule has 0 spiro atoms. The summed E-state index contributed by atoms with van der Waals surface area (Å²) in [5, 5.41) is 0. The molecule has 0 aliphatic carbocycles. The predicted molar refractivity (Wildman–Crippen MR) is 56.4 cm³/mol. The molecule has 0 aromatic heterocycles. The Labute approximate surface area is 86.4 Å². The molecule has 0 amide bonds. The van der Waals surface area contributed by atoms with Crippen molar-refractivity contribution in [3.05, 3.63) is 0 Å². The number of hydrogen-bond donors (Lipinski definition) is 0. The van der Waals surface area contributed by atoms with Crippen LogP contribution in [0.1, 0.15) is 32.6 Å². The second kappa shape index (κ2) is 6.14. The Morgan fingerprint density at radius 1 is 1.57 bits per heavy atom. The van der Waals surface area contributed by atoms with Gasteiger partial charge in [0.2, 0.25) is 0 Å². The largest absolute Gasteiger partial charge is 0.385 e. The fourth-order valence-corrected chi connectivity index (χ4v) is 2.16. The van der Waals surface area contributed by atoms with E-state index in [4.69, 9.17) is 4.74 Å². The molecule has 1 aliphatic rings. The lowest BCUT2D eigenvalue weighted by Gasteiger charge is -2.23. The average molecular weight is 199 g/mol. The predicted octanol–water partition coefficient (Wildman–Crippen LogP) is 1.47. The summed E-state index contributed by atoms with van der Waals surface area (Å²) in [6.07, 6.45) is 4.23. The quantitative estimate of drug-likeness (QED) is 0.607. The number of Topliss-reactive ketones (excluding diaryl/α,β-unsaturated/α-hetero) is 1. The van der Waals surface area contributed by atoms with Gasteiger partial charge in [-0.05, 0) is 32.7 Å². The van der Waals surface area contributed by atoms with Crippen molar-refractivity contribution in [2.24, 2.45) is 0 Å². The lowest BCUT2D eigenvalue weighted by molar-refractivity contribution is -0.118. The van der Waals surface area contributed by atoms with E-state index in [1.807, 2.05) is 0 Å². The van der Waals surface area contributed by atoms with Gasteiger partial charge >= 0.3 is 0 Å². The van der Waals surface area contributed by atoms with Gasteiger partial charge in [0.05, 0.1) is 0 Å². The Hall–Kier alpha value is -0.410. The molecule has 1 fully saturated rings. The summed E-state index contributed by atoms with van der Waals surface area (Å²) < 4.78 is 5.02. The molecule has 3 nitrogen and oxygen atoms in total. The Morgan fingerprint density at radius 3 is 3.00 bits per heavy atom. The molecule has 1 saturated heterocycles. The van der Waals surface area contributed by atoms with E-state index in [0.717, 1.165) is 32.5 Å². The standard InChI is InChI=1S/C11H21NO2/c1-10(13)9-11-5-3-6-12(11)7-4-8-14-2/h11H,3-9H2,1-2H3. The first kappa shape index (κ1) is 11.7. The van der Waals surface area contributed by atoms with Gasteiger partial charge in [-0.2, -0.15) is 0 Å². The molecular weight excluding hydrogens is 178 g/mol. The highest BCUT2D eigenvalue weighted by Crippen LogP contribution is 2.20. The first-order valence-corrected chi connectivity index (χ1v) is 5.46. The van der Waals surface area contributed by atoms with E-state index in [1.54, 1.807) is 14.0 Å². The van der Waals surface area contributed by atoms with Gasteiger partial charge in [-0.15, -0.1) is 0 Å². The maximum atomic E-state index is 11.0. The number of methoxy groups -OCH3 is 1. The van der Waals surface area contributed by atoms with Crippen molar-refractivity contribution in [2.75, 3.05) is 26.8 Å². The van der Waals surface area contributed by atoms with Gasteiger partial charge in [0.1, 0.15) is 5.78 Å². The van der Waals surface area contributed by atoms with E-state index >= 15 is 0 Å². The van der Waals surface area contributed by atoms with Crippen molar-refractivity contribution >= 4 is 5.78 Å². The highest BCUT2D eigenvalue weighted by atomic mass is 16.5. The van der Waals surface area contributed by atoms with Crippen LogP contribution >= 0.6 is 0 Å². The Morgan fingerprint density at radius 2 is 2.36 bits per heavy atom. The summed E-state index contributed by atoms with van der Waals surface area (Å²) in [4.78, 5) is 13.5. The number of likely N-dealkylation sites (tertiary alicyclic amines) is 1. The summed E-state index contributed by atoms with van der Waals surface area (Å²) in [7, 11) is 1.73. The molecular formula is C11H21NO2. The molecule has 0 aromatic carbocycles.